The van der Waals surface area contributed by atoms with Gasteiger partial charge in [0.1, 0.15) is 17.9 Å². The fourth-order valence-electron chi connectivity index (χ4n) is 4.26. The summed E-state index contributed by atoms with van der Waals surface area (Å²) in [7, 11) is -3.32. The average Bonchev–Trinajstić information content (AvgIpc) is 3.35. The Morgan fingerprint density at radius 2 is 1.76 bits per heavy atom. The molecule has 192 valence electrons. The van der Waals surface area contributed by atoms with Crippen LogP contribution < -0.4 is 4.74 Å². The number of oxazole rings is 1. The van der Waals surface area contributed by atoms with Crippen molar-refractivity contribution in [1.29, 1.82) is 0 Å². The van der Waals surface area contributed by atoms with E-state index in [1.807, 2.05) is 54.6 Å². The molecule has 1 fully saturated rings. The van der Waals surface area contributed by atoms with Crippen LogP contribution in [0.1, 0.15) is 18.4 Å². The maximum atomic E-state index is 12.4. The lowest BCUT2D eigenvalue weighted by molar-refractivity contribution is 0.0761. The van der Waals surface area contributed by atoms with Crippen molar-refractivity contribution in [2.75, 3.05) is 26.0 Å². The molecule has 8 nitrogen and oxygen atoms in total. The number of aromatic nitrogens is 1. The summed E-state index contributed by atoms with van der Waals surface area (Å²) < 4.78 is 40.8. The molecule has 37 heavy (non-hydrogen) atoms. The zero-order chi connectivity index (χ0) is 25.8. The van der Waals surface area contributed by atoms with Crippen LogP contribution in [0.2, 0.25) is 0 Å². The molecule has 0 aliphatic carbocycles. The highest BCUT2D eigenvalue weighted by Crippen LogP contribution is 2.28. The Bertz CT molecular complexity index is 1470. The quantitative estimate of drug-likeness (QED) is 0.325. The molecule has 4 aromatic rings. The van der Waals surface area contributed by atoms with Crippen molar-refractivity contribution in [2.45, 2.75) is 24.3 Å². The van der Waals surface area contributed by atoms with E-state index in [1.165, 1.54) is 18.4 Å². The summed E-state index contributed by atoms with van der Waals surface area (Å²) in [6.07, 6.45) is 2.61. The van der Waals surface area contributed by atoms with Gasteiger partial charge < -0.3 is 18.8 Å². The summed E-state index contributed by atoms with van der Waals surface area (Å²) in [6.45, 7) is 2.16. The molecule has 3 aromatic carbocycles. The first-order chi connectivity index (χ1) is 17.8. The van der Waals surface area contributed by atoms with Gasteiger partial charge in [0, 0.05) is 24.9 Å². The van der Waals surface area contributed by atoms with E-state index in [1.54, 1.807) is 11.0 Å². The van der Waals surface area contributed by atoms with Gasteiger partial charge in [0.25, 0.3) is 0 Å². The van der Waals surface area contributed by atoms with Gasteiger partial charge >= 0.3 is 6.09 Å². The number of likely N-dealkylation sites (tertiary alicyclic amines) is 1. The Morgan fingerprint density at radius 1 is 1.03 bits per heavy atom. The van der Waals surface area contributed by atoms with Crippen molar-refractivity contribution >= 4 is 27.0 Å². The Kier molecular flexibility index (Phi) is 7.14. The molecule has 1 aromatic heterocycles. The highest BCUT2D eigenvalue weighted by molar-refractivity contribution is 7.90. The van der Waals surface area contributed by atoms with Crippen LogP contribution in [0.3, 0.4) is 0 Å². The molecule has 1 amide bonds. The highest BCUT2D eigenvalue weighted by atomic mass is 32.2. The summed E-state index contributed by atoms with van der Waals surface area (Å²) in [6, 6.07) is 21.8. The molecule has 0 N–H and O–H groups in total. The normalized spacial score (nSPS) is 14.6. The van der Waals surface area contributed by atoms with Crippen LogP contribution in [0.25, 0.3) is 22.6 Å². The largest absolute Gasteiger partial charge is 0.493 e. The molecule has 0 bridgehead atoms. The number of rotatable bonds is 7. The number of sulfone groups is 1. The summed E-state index contributed by atoms with van der Waals surface area (Å²) in [5.74, 6) is 1.52. The number of amides is 1. The minimum Gasteiger partial charge on any atom is -0.493 e. The number of carbonyl (C=O) groups excluding carboxylic acids is 1. The van der Waals surface area contributed by atoms with Crippen molar-refractivity contribution in [3.8, 4) is 17.2 Å². The lowest BCUT2D eigenvalue weighted by atomic mass is 9.98. The van der Waals surface area contributed by atoms with E-state index in [4.69, 9.17) is 13.9 Å². The predicted octanol–water partition coefficient (Wildman–Crippen LogP) is 5.33. The van der Waals surface area contributed by atoms with Crippen LogP contribution in [0.4, 0.5) is 4.79 Å². The van der Waals surface area contributed by atoms with Crippen LogP contribution in [-0.4, -0.2) is 50.3 Å². The maximum Gasteiger partial charge on any atom is 0.410 e. The topological polar surface area (TPSA) is 98.9 Å². The average molecular weight is 521 g/mol. The first-order valence-corrected chi connectivity index (χ1v) is 14.0. The Morgan fingerprint density at radius 3 is 2.46 bits per heavy atom. The number of ether oxygens (including phenoxy) is 2. The van der Waals surface area contributed by atoms with Crippen molar-refractivity contribution in [3.05, 3.63) is 78.4 Å². The number of carbonyl (C=O) groups is 1. The van der Waals surface area contributed by atoms with Gasteiger partial charge in [-0.05, 0) is 66.8 Å². The van der Waals surface area contributed by atoms with E-state index in [2.05, 4.69) is 4.98 Å². The fraction of sp³-hybridized carbons (Fsp3) is 0.286. The number of hydrogen-bond donors (Lipinski definition) is 0. The lowest BCUT2D eigenvalue weighted by Crippen LogP contribution is -2.39. The zero-order valence-corrected chi connectivity index (χ0v) is 21.3. The van der Waals surface area contributed by atoms with Gasteiger partial charge in [-0.1, -0.05) is 30.3 Å². The monoisotopic (exact) mass is 520 g/mol. The zero-order valence-electron chi connectivity index (χ0n) is 20.5. The molecule has 2 heterocycles. The Hall–Kier alpha value is -3.85. The molecule has 0 atom stereocenters. The summed E-state index contributed by atoms with van der Waals surface area (Å²) in [5.41, 5.74) is 2.76. The van der Waals surface area contributed by atoms with Crippen LogP contribution in [0.5, 0.6) is 5.75 Å². The molecular formula is C28H28N2O6S. The molecule has 1 saturated heterocycles. The molecule has 0 saturated carbocycles. The van der Waals surface area contributed by atoms with Gasteiger partial charge in [-0.25, -0.2) is 18.2 Å². The van der Waals surface area contributed by atoms with E-state index >= 15 is 0 Å². The van der Waals surface area contributed by atoms with E-state index in [-0.39, 0.29) is 17.6 Å². The first kappa shape index (κ1) is 24.8. The molecule has 9 heteroatoms. The number of fused-ring (bicyclic) bond motifs is 1. The highest BCUT2D eigenvalue weighted by Gasteiger charge is 2.24. The number of nitrogens with zero attached hydrogens (tertiary/aromatic N) is 2. The Labute approximate surface area is 215 Å². The van der Waals surface area contributed by atoms with Crippen molar-refractivity contribution in [1.82, 2.24) is 9.88 Å². The fourth-order valence-corrected chi connectivity index (χ4v) is 4.90. The minimum absolute atomic E-state index is 0.207. The van der Waals surface area contributed by atoms with Crippen LogP contribution in [0, 0.1) is 5.92 Å². The number of hydrogen-bond acceptors (Lipinski definition) is 7. The third-order valence-electron chi connectivity index (χ3n) is 6.45. The van der Waals surface area contributed by atoms with Gasteiger partial charge in [-0.3, -0.25) is 0 Å². The number of benzene rings is 3. The van der Waals surface area contributed by atoms with Crippen molar-refractivity contribution in [3.63, 3.8) is 0 Å². The van der Waals surface area contributed by atoms with Gasteiger partial charge in [0.05, 0.1) is 11.5 Å². The second-order valence-corrected chi connectivity index (χ2v) is 11.2. The standard InChI is InChI=1S/C28H28N2O6S/c1-37(32,33)24-11-12-26-25(17-24)29-27(36-26)22-7-9-23(10-8-22)34-18-21-13-15-30(16-14-21)28(31)35-19-20-5-3-2-4-6-20/h2-12,17,21H,13-16,18-19H2,1H3. The molecule has 0 spiro atoms. The predicted molar refractivity (Wildman–Crippen MR) is 139 cm³/mol. The third kappa shape index (κ3) is 6.11. The van der Waals surface area contributed by atoms with Gasteiger partial charge in [0.2, 0.25) is 5.89 Å². The van der Waals surface area contributed by atoms with Gasteiger partial charge in [0.15, 0.2) is 15.4 Å². The van der Waals surface area contributed by atoms with Crippen molar-refractivity contribution < 1.29 is 27.1 Å². The van der Waals surface area contributed by atoms with Gasteiger partial charge in [-0.15, -0.1) is 0 Å². The summed E-state index contributed by atoms with van der Waals surface area (Å²) in [4.78, 5) is 18.8. The molecule has 1 aliphatic rings. The summed E-state index contributed by atoms with van der Waals surface area (Å²) in [5, 5.41) is 0. The molecule has 1 aliphatic heterocycles. The van der Waals surface area contributed by atoms with Crippen LogP contribution in [-0.2, 0) is 21.2 Å². The maximum absolute atomic E-state index is 12.4. The van der Waals surface area contributed by atoms with Crippen LogP contribution >= 0.6 is 0 Å². The first-order valence-electron chi connectivity index (χ1n) is 12.1. The summed E-state index contributed by atoms with van der Waals surface area (Å²) >= 11 is 0. The van der Waals surface area contributed by atoms with E-state index in [9.17, 15) is 13.2 Å². The van der Waals surface area contributed by atoms with E-state index < -0.39 is 9.84 Å². The number of piperidine rings is 1. The molecule has 5 rings (SSSR count). The third-order valence-corrected chi connectivity index (χ3v) is 7.56. The molecule has 0 radical (unpaired) electrons. The lowest BCUT2D eigenvalue weighted by Gasteiger charge is -2.31. The smallest absolute Gasteiger partial charge is 0.410 e. The second-order valence-electron chi connectivity index (χ2n) is 9.23. The van der Waals surface area contributed by atoms with Crippen molar-refractivity contribution in [2.24, 2.45) is 5.92 Å². The van der Waals surface area contributed by atoms with Crippen LogP contribution in [0.15, 0.2) is 82.1 Å². The Balaban J connectivity index is 1.11. The SMILES string of the molecule is CS(=O)(=O)c1ccc2oc(-c3ccc(OCC4CCN(C(=O)OCc5ccccc5)CC4)cc3)nc2c1. The molecular weight excluding hydrogens is 492 g/mol. The second kappa shape index (κ2) is 10.6. The van der Waals surface area contributed by atoms with Gasteiger partial charge in [-0.2, -0.15) is 0 Å². The molecule has 0 unspecified atom stereocenters. The van der Waals surface area contributed by atoms with E-state index in [0.29, 0.717) is 42.6 Å². The van der Waals surface area contributed by atoms with E-state index in [0.717, 1.165) is 29.7 Å². The minimum atomic E-state index is -3.32.